The van der Waals surface area contributed by atoms with Crippen LogP contribution in [0.5, 0.6) is 11.5 Å². The van der Waals surface area contributed by atoms with Crippen LogP contribution in [0.3, 0.4) is 0 Å². The Balaban J connectivity index is 2.17. The third-order valence-electron chi connectivity index (χ3n) is 3.16. The van der Waals surface area contributed by atoms with Crippen molar-refractivity contribution < 1.29 is 10.2 Å². The first kappa shape index (κ1) is 15.5. The zero-order valence-corrected chi connectivity index (χ0v) is 15.4. The van der Waals surface area contributed by atoms with Crippen molar-refractivity contribution in [3.05, 3.63) is 46.5 Å². The van der Waals surface area contributed by atoms with Crippen molar-refractivity contribution in [2.24, 2.45) is 0 Å². The maximum absolute atomic E-state index is 9.80. The molecule has 2 N–H and O–H groups in total. The zero-order chi connectivity index (χ0) is 14.9. The van der Waals surface area contributed by atoms with Crippen molar-refractivity contribution in [3.63, 3.8) is 0 Å². The van der Waals surface area contributed by atoms with Crippen LogP contribution < -0.4 is 8.92 Å². The average Bonchev–Trinajstić information content (AvgIpc) is 2.39. The van der Waals surface area contributed by atoms with Gasteiger partial charge in [0.05, 0.1) is 0 Å². The van der Waals surface area contributed by atoms with E-state index in [-0.39, 0.29) is 0 Å². The van der Waals surface area contributed by atoms with Gasteiger partial charge in [-0.25, -0.2) is 0 Å². The van der Waals surface area contributed by atoms with Gasteiger partial charge in [-0.2, -0.15) is 0 Å². The molecule has 0 unspecified atom stereocenters. The number of phenolic OH excluding ortho intramolecular Hbond substituents is 2. The summed E-state index contributed by atoms with van der Waals surface area (Å²) >= 11 is 0.790. The van der Waals surface area contributed by atoms with Crippen LogP contribution in [-0.2, 0) is 0 Å². The molecule has 0 heterocycles. The standard InChI is InChI=1S/C16H18O2Se2/c1-9-5-13(6-10(2)15(9)17)19-20-14-7-11(3)16(18)12(4)8-14/h5-8,17-18H,1-4H3. The Labute approximate surface area is 131 Å². The SMILES string of the molecule is Cc1cc([Se][Se]c2cc(C)c(O)c(C)c2)cc(C)c1O. The molecule has 2 nitrogen and oxygen atoms in total. The molecule has 20 heavy (non-hydrogen) atoms. The van der Waals surface area contributed by atoms with E-state index in [1.165, 1.54) is 8.92 Å². The number of aromatic hydroxyl groups is 2. The van der Waals surface area contributed by atoms with Gasteiger partial charge >= 0.3 is 131 Å². The Morgan fingerprint density at radius 1 is 0.600 bits per heavy atom. The molecular weight excluding hydrogens is 382 g/mol. The van der Waals surface area contributed by atoms with Gasteiger partial charge in [-0.15, -0.1) is 0 Å². The molecular formula is C16H18O2Se2. The van der Waals surface area contributed by atoms with E-state index >= 15 is 0 Å². The summed E-state index contributed by atoms with van der Waals surface area (Å²) in [5, 5.41) is 19.6. The molecule has 0 fully saturated rings. The fraction of sp³-hybridized carbons (Fsp3) is 0.250. The van der Waals surface area contributed by atoms with Gasteiger partial charge < -0.3 is 0 Å². The first-order valence-corrected chi connectivity index (χ1v) is 12.4. The molecule has 0 aliphatic heterocycles. The van der Waals surface area contributed by atoms with E-state index in [4.69, 9.17) is 0 Å². The van der Waals surface area contributed by atoms with Gasteiger partial charge in [0, 0.05) is 0 Å². The molecule has 0 radical (unpaired) electrons. The number of aryl methyl sites for hydroxylation is 4. The Bertz CT molecular complexity index is 547. The van der Waals surface area contributed by atoms with Crippen molar-refractivity contribution in [2.75, 3.05) is 0 Å². The van der Waals surface area contributed by atoms with Crippen molar-refractivity contribution in [3.8, 4) is 11.5 Å². The second-order valence-corrected chi connectivity index (χ2v) is 11.3. The van der Waals surface area contributed by atoms with Crippen molar-refractivity contribution in [1.29, 1.82) is 0 Å². The monoisotopic (exact) mass is 402 g/mol. The van der Waals surface area contributed by atoms with Gasteiger partial charge in [0.2, 0.25) is 0 Å². The van der Waals surface area contributed by atoms with Crippen molar-refractivity contribution in [1.82, 2.24) is 0 Å². The topological polar surface area (TPSA) is 40.5 Å². The summed E-state index contributed by atoms with van der Waals surface area (Å²) in [6.45, 7) is 7.79. The fourth-order valence-corrected chi connectivity index (χ4v) is 8.51. The number of phenols is 2. The van der Waals surface area contributed by atoms with Crippen molar-refractivity contribution >= 4 is 35.2 Å². The van der Waals surface area contributed by atoms with Crippen LogP contribution in [0.25, 0.3) is 0 Å². The van der Waals surface area contributed by atoms with E-state index in [1.54, 1.807) is 0 Å². The predicted octanol–water partition coefficient (Wildman–Crippen LogP) is 1.61. The van der Waals surface area contributed by atoms with Gasteiger partial charge in [0.15, 0.2) is 0 Å². The fourth-order valence-electron chi connectivity index (χ4n) is 2.02. The van der Waals surface area contributed by atoms with Crippen LogP contribution in [0.1, 0.15) is 22.3 Å². The number of rotatable bonds is 3. The molecule has 106 valence electrons. The number of benzene rings is 2. The Hall–Kier alpha value is -0.921. The molecule has 0 aliphatic rings. The molecule has 0 saturated carbocycles. The summed E-state index contributed by atoms with van der Waals surface area (Å²) in [7, 11) is 0. The molecule has 0 bridgehead atoms. The third-order valence-corrected chi connectivity index (χ3v) is 10.2. The van der Waals surface area contributed by atoms with Gasteiger partial charge in [-0.3, -0.25) is 0 Å². The van der Waals surface area contributed by atoms with Gasteiger partial charge in [0.25, 0.3) is 0 Å². The van der Waals surface area contributed by atoms with Crippen LogP contribution in [0.2, 0.25) is 0 Å². The van der Waals surface area contributed by atoms with E-state index in [1.807, 2.05) is 27.7 Å². The molecule has 0 atom stereocenters. The second kappa shape index (κ2) is 6.24. The third kappa shape index (κ3) is 3.39. The van der Waals surface area contributed by atoms with Crippen LogP contribution in [0.15, 0.2) is 24.3 Å². The zero-order valence-electron chi connectivity index (χ0n) is 12.0. The van der Waals surface area contributed by atoms with E-state index < -0.39 is 0 Å². The molecule has 0 spiro atoms. The summed E-state index contributed by atoms with van der Waals surface area (Å²) in [6.07, 6.45) is 0. The van der Waals surface area contributed by atoms with Gasteiger partial charge in [-0.05, 0) is 0 Å². The van der Waals surface area contributed by atoms with E-state index in [0.717, 1.165) is 22.3 Å². The Kier molecular flexibility index (Phi) is 4.82. The molecule has 2 aromatic rings. The molecule has 0 saturated heterocycles. The van der Waals surface area contributed by atoms with Crippen LogP contribution in [0.4, 0.5) is 0 Å². The predicted molar refractivity (Wildman–Crippen MR) is 85.9 cm³/mol. The minimum absolute atomic E-state index is 0.395. The van der Waals surface area contributed by atoms with Gasteiger partial charge in [0.1, 0.15) is 0 Å². The Morgan fingerprint density at radius 3 is 1.10 bits per heavy atom. The van der Waals surface area contributed by atoms with Gasteiger partial charge in [-0.1, -0.05) is 0 Å². The summed E-state index contributed by atoms with van der Waals surface area (Å²) in [6, 6.07) is 8.35. The Morgan fingerprint density at radius 2 is 0.850 bits per heavy atom. The summed E-state index contributed by atoms with van der Waals surface area (Å²) in [5.74, 6) is 0.821. The number of hydrogen-bond acceptors (Lipinski definition) is 2. The van der Waals surface area contributed by atoms with Crippen LogP contribution in [0, 0.1) is 27.7 Å². The van der Waals surface area contributed by atoms with Crippen LogP contribution >= 0.6 is 0 Å². The summed E-state index contributed by atoms with van der Waals surface area (Å²) in [4.78, 5) is 0. The first-order chi connectivity index (χ1) is 9.38. The average molecular weight is 400 g/mol. The second-order valence-electron chi connectivity index (χ2n) is 4.98. The van der Waals surface area contributed by atoms with E-state index in [9.17, 15) is 10.2 Å². The molecule has 0 aromatic heterocycles. The first-order valence-electron chi connectivity index (χ1n) is 6.33. The maximum atomic E-state index is 9.80. The van der Waals surface area contributed by atoms with Crippen LogP contribution in [-0.4, -0.2) is 36.5 Å². The minimum atomic E-state index is 0.395. The quantitative estimate of drug-likeness (QED) is 0.769. The normalized spacial score (nSPS) is 10.8. The summed E-state index contributed by atoms with van der Waals surface area (Å²) < 4.78 is 2.65. The molecule has 0 aliphatic carbocycles. The van der Waals surface area contributed by atoms with E-state index in [2.05, 4.69) is 24.3 Å². The van der Waals surface area contributed by atoms with Crippen molar-refractivity contribution in [2.45, 2.75) is 27.7 Å². The molecule has 2 rings (SSSR count). The van der Waals surface area contributed by atoms with E-state index in [0.29, 0.717) is 37.8 Å². The molecule has 0 amide bonds. The molecule has 4 heteroatoms. The summed E-state index contributed by atoms with van der Waals surface area (Å²) in [5.41, 5.74) is 3.82. The number of hydrogen-bond donors (Lipinski definition) is 2. The molecule has 2 aromatic carbocycles.